The van der Waals surface area contributed by atoms with Gasteiger partial charge in [0.2, 0.25) is 0 Å². The fourth-order valence-corrected chi connectivity index (χ4v) is 3.32. The number of amides is 2. The number of alkyl halides is 7. The van der Waals surface area contributed by atoms with Crippen LogP contribution in [0.3, 0.4) is 0 Å². The maximum absolute atomic E-state index is 13.6. The smallest absolute Gasteiger partial charge is 0.321 e. The molecule has 0 aliphatic heterocycles. The molecule has 0 aliphatic carbocycles. The van der Waals surface area contributed by atoms with Crippen LogP contribution in [-0.4, -0.2) is 40.5 Å². The predicted molar refractivity (Wildman–Crippen MR) is 122 cm³/mol. The van der Waals surface area contributed by atoms with Crippen molar-refractivity contribution in [3.8, 4) is 0 Å². The minimum absolute atomic E-state index is 0.114. The van der Waals surface area contributed by atoms with E-state index in [-0.39, 0.29) is 16.8 Å². The topological polar surface area (TPSA) is 83.4 Å². The van der Waals surface area contributed by atoms with E-state index in [1.165, 1.54) is 24.4 Å². The van der Waals surface area contributed by atoms with Crippen LogP contribution in [-0.2, 0) is 4.79 Å². The maximum Gasteiger partial charge on any atom is 0.460 e. The standard InChI is InChI=1S/C24H19F7N4O2/c1-12-6-4-9-17-18(10-13(2)32-19(12)17)20(36)35-34-14(3)15-7-5-8-16(11-15)33-21(37)22(25,26)23(27,28)24(29,30)31/h4-11H,1-3H3,(H,33,37)(H,35,36)/b34-14+. The summed E-state index contributed by atoms with van der Waals surface area (Å²) in [4.78, 5) is 28.8. The zero-order valence-corrected chi connectivity index (χ0v) is 19.5. The molecule has 196 valence electrons. The van der Waals surface area contributed by atoms with Gasteiger partial charge in [0.05, 0.1) is 16.8 Å². The first kappa shape index (κ1) is 27.6. The van der Waals surface area contributed by atoms with E-state index in [0.29, 0.717) is 16.6 Å². The first-order chi connectivity index (χ1) is 17.1. The SMILES string of the molecule is C/C(=N\NC(=O)c1cc(C)nc2c(C)cccc12)c1cccc(NC(=O)C(F)(F)C(F)(F)C(F)(F)F)c1. The van der Waals surface area contributed by atoms with Gasteiger partial charge >= 0.3 is 23.9 Å². The first-order valence-electron chi connectivity index (χ1n) is 10.5. The second-order valence-corrected chi connectivity index (χ2v) is 8.10. The molecule has 0 saturated carbocycles. The first-order valence-corrected chi connectivity index (χ1v) is 10.5. The highest BCUT2D eigenvalue weighted by atomic mass is 19.4. The zero-order valence-electron chi connectivity index (χ0n) is 19.5. The fraction of sp³-hybridized carbons (Fsp3) is 0.250. The van der Waals surface area contributed by atoms with Crippen molar-refractivity contribution >= 4 is 34.1 Å². The number of hydrazone groups is 1. The largest absolute Gasteiger partial charge is 0.460 e. The van der Waals surface area contributed by atoms with Crippen LogP contribution in [0.15, 0.2) is 53.6 Å². The average Bonchev–Trinajstić information content (AvgIpc) is 2.81. The number of aryl methyl sites for hydroxylation is 2. The molecule has 0 fully saturated rings. The number of hydrogen-bond acceptors (Lipinski definition) is 4. The van der Waals surface area contributed by atoms with E-state index < -0.39 is 35.5 Å². The normalized spacial score (nSPS) is 13.0. The summed E-state index contributed by atoms with van der Waals surface area (Å²) in [5.41, 5.74) is 4.48. The Labute approximate surface area is 205 Å². The Morgan fingerprint density at radius 1 is 0.919 bits per heavy atom. The van der Waals surface area contributed by atoms with Crippen LogP contribution >= 0.6 is 0 Å². The van der Waals surface area contributed by atoms with Crippen molar-refractivity contribution in [2.45, 2.75) is 38.8 Å². The fourth-order valence-electron chi connectivity index (χ4n) is 3.32. The lowest BCUT2D eigenvalue weighted by Gasteiger charge is -2.27. The summed E-state index contributed by atoms with van der Waals surface area (Å²) >= 11 is 0. The van der Waals surface area contributed by atoms with Gasteiger partial charge in [-0.2, -0.15) is 35.8 Å². The van der Waals surface area contributed by atoms with Crippen LogP contribution in [0.4, 0.5) is 36.4 Å². The van der Waals surface area contributed by atoms with Gasteiger partial charge in [-0.15, -0.1) is 0 Å². The van der Waals surface area contributed by atoms with Crippen LogP contribution in [0.1, 0.15) is 34.1 Å². The van der Waals surface area contributed by atoms with Crippen LogP contribution < -0.4 is 10.7 Å². The molecule has 1 aromatic heterocycles. The van der Waals surface area contributed by atoms with Gasteiger partial charge in [0.15, 0.2) is 0 Å². The summed E-state index contributed by atoms with van der Waals surface area (Å²) in [6, 6.07) is 11.5. The maximum atomic E-state index is 13.6. The van der Waals surface area contributed by atoms with E-state index in [2.05, 4.69) is 15.5 Å². The molecular formula is C24H19F7N4O2. The average molecular weight is 528 g/mol. The molecule has 3 aromatic rings. The van der Waals surface area contributed by atoms with Gasteiger partial charge < -0.3 is 5.32 Å². The number of aromatic nitrogens is 1. The Hall–Kier alpha value is -4.03. The molecule has 13 heteroatoms. The molecule has 0 atom stereocenters. The molecule has 0 aliphatic rings. The number of nitrogens with zero attached hydrogens (tertiary/aromatic N) is 2. The van der Waals surface area contributed by atoms with Crippen molar-refractivity contribution < 1.29 is 40.3 Å². The Morgan fingerprint density at radius 3 is 2.22 bits per heavy atom. The van der Waals surface area contributed by atoms with E-state index in [4.69, 9.17) is 0 Å². The summed E-state index contributed by atoms with van der Waals surface area (Å²) in [7, 11) is 0. The summed E-state index contributed by atoms with van der Waals surface area (Å²) in [5, 5.41) is 5.88. The third kappa shape index (κ3) is 5.39. The van der Waals surface area contributed by atoms with Crippen LogP contribution in [0.5, 0.6) is 0 Å². The number of benzene rings is 2. The number of pyridine rings is 1. The predicted octanol–water partition coefficient (Wildman–Crippen LogP) is 5.78. The number of nitrogens with one attached hydrogen (secondary N) is 2. The molecular weight excluding hydrogens is 509 g/mol. The third-order valence-corrected chi connectivity index (χ3v) is 5.31. The summed E-state index contributed by atoms with van der Waals surface area (Å²) in [6.07, 6.45) is -6.64. The van der Waals surface area contributed by atoms with Crippen LogP contribution in [0.25, 0.3) is 10.9 Å². The molecule has 37 heavy (non-hydrogen) atoms. The van der Waals surface area contributed by atoms with E-state index >= 15 is 0 Å². The van der Waals surface area contributed by atoms with Crippen molar-refractivity contribution in [2.24, 2.45) is 5.10 Å². The monoisotopic (exact) mass is 528 g/mol. The van der Waals surface area contributed by atoms with Crippen molar-refractivity contribution in [3.05, 3.63) is 70.9 Å². The number of carbonyl (C=O) groups excluding carboxylic acids is 2. The second-order valence-electron chi connectivity index (χ2n) is 8.10. The van der Waals surface area contributed by atoms with Gasteiger partial charge in [-0.3, -0.25) is 14.6 Å². The molecule has 3 rings (SSSR count). The number of anilines is 1. The highest BCUT2D eigenvalue weighted by Crippen LogP contribution is 2.46. The van der Waals surface area contributed by atoms with Gasteiger partial charge in [0.1, 0.15) is 0 Å². The lowest BCUT2D eigenvalue weighted by molar-refractivity contribution is -0.343. The zero-order chi connectivity index (χ0) is 27.8. The molecule has 0 radical (unpaired) electrons. The van der Waals surface area contributed by atoms with Crippen molar-refractivity contribution in [1.82, 2.24) is 10.4 Å². The number of carbonyl (C=O) groups is 2. The van der Waals surface area contributed by atoms with Crippen molar-refractivity contribution in [2.75, 3.05) is 5.32 Å². The molecule has 2 N–H and O–H groups in total. The number of hydrogen-bond donors (Lipinski definition) is 2. The Bertz CT molecular complexity index is 1400. The second kappa shape index (κ2) is 9.79. The van der Waals surface area contributed by atoms with Gasteiger partial charge in [0, 0.05) is 16.8 Å². The van der Waals surface area contributed by atoms with Gasteiger partial charge in [-0.1, -0.05) is 30.3 Å². The summed E-state index contributed by atoms with van der Waals surface area (Å²) in [6.45, 7) is 4.96. The number of fused-ring (bicyclic) bond motifs is 1. The van der Waals surface area contributed by atoms with Crippen LogP contribution in [0.2, 0.25) is 0 Å². The number of halogens is 7. The van der Waals surface area contributed by atoms with Crippen LogP contribution in [0, 0.1) is 13.8 Å². The minimum Gasteiger partial charge on any atom is -0.321 e. The summed E-state index contributed by atoms with van der Waals surface area (Å²) in [5.74, 6) is -16.1. The van der Waals surface area contributed by atoms with E-state index in [9.17, 15) is 40.3 Å². The van der Waals surface area contributed by atoms with Gasteiger partial charge in [-0.25, -0.2) is 5.43 Å². The molecule has 1 heterocycles. The molecule has 0 unspecified atom stereocenters. The number of para-hydroxylation sites is 1. The van der Waals surface area contributed by atoms with Crippen molar-refractivity contribution in [3.63, 3.8) is 0 Å². The van der Waals surface area contributed by atoms with Crippen molar-refractivity contribution in [1.29, 1.82) is 0 Å². The Balaban J connectivity index is 1.81. The third-order valence-electron chi connectivity index (χ3n) is 5.31. The molecule has 6 nitrogen and oxygen atoms in total. The Morgan fingerprint density at radius 2 is 1.57 bits per heavy atom. The Kier molecular flexibility index (Phi) is 7.29. The molecule has 0 bridgehead atoms. The molecule has 2 aromatic carbocycles. The molecule has 0 spiro atoms. The quantitative estimate of drug-likeness (QED) is 0.242. The summed E-state index contributed by atoms with van der Waals surface area (Å²) < 4.78 is 90.5. The molecule has 0 saturated heterocycles. The van der Waals surface area contributed by atoms with E-state index in [1.807, 2.05) is 13.0 Å². The molecule has 2 amide bonds. The highest BCUT2D eigenvalue weighted by Gasteiger charge is 2.76. The highest BCUT2D eigenvalue weighted by molar-refractivity contribution is 6.08. The lowest BCUT2D eigenvalue weighted by atomic mass is 10.0. The van der Waals surface area contributed by atoms with Gasteiger partial charge in [0.25, 0.3) is 5.91 Å². The lowest BCUT2D eigenvalue weighted by Crippen LogP contribution is -2.57. The number of rotatable bonds is 6. The van der Waals surface area contributed by atoms with Gasteiger partial charge in [-0.05, 0) is 50.1 Å². The van der Waals surface area contributed by atoms with E-state index in [0.717, 1.165) is 17.7 Å². The van der Waals surface area contributed by atoms with E-state index in [1.54, 1.807) is 25.1 Å². The minimum atomic E-state index is -6.64.